The van der Waals surface area contributed by atoms with Crippen molar-refractivity contribution in [3.63, 3.8) is 0 Å². The number of carbonyl (C=O) groups is 1. The zero-order chi connectivity index (χ0) is 22.2. The quantitative estimate of drug-likeness (QED) is 0.493. The summed E-state index contributed by atoms with van der Waals surface area (Å²) in [6.45, 7) is 1.92. The number of nitrogens with zero attached hydrogens (tertiary/aromatic N) is 6. The number of aryl methyl sites for hydroxylation is 1. The molecule has 3 heterocycles. The van der Waals surface area contributed by atoms with Gasteiger partial charge in [-0.25, -0.2) is 19.4 Å². The van der Waals surface area contributed by atoms with Gasteiger partial charge in [-0.15, -0.1) is 0 Å². The van der Waals surface area contributed by atoms with Crippen LogP contribution in [0.3, 0.4) is 0 Å². The van der Waals surface area contributed by atoms with Crippen molar-refractivity contribution in [3.05, 3.63) is 78.5 Å². The Morgan fingerprint density at radius 1 is 1.09 bits per heavy atom. The van der Waals surface area contributed by atoms with Crippen LogP contribution in [-0.4, -0.2) is 44.9 Å². The second-order valence-corrected chi connectivity index (χ2v) is 7.34. The summed E-state index contributed by atoms with van der Waals surface area (Å²) in [5.41, 5.74) is 4.51. The molecule has 0 saturated carbocycles. The number of amidine groups is 1. The first kappa shape index (κ1) is 19.7. The number of likely N-dealkylation sites (N-methyl/N-ethyl adjacent to an activating group) is 1. The molecule has 0 bridgehead atoms. The number of oxazole rings is 1. The second-order valence-electron chi connectivity index (χ2n) is 7.34. The lowest BCUT2D eigenvalue weighted by Crippen LogP contribution is -2.51. The molecule has 0 atom stereocenters. The first-order chi connectivity index (χ1) is 15.5. The number of halogens is 1. The number of benzene rings is 2. The fraction of sp³-hybridized carbons (Fsp3) is 0.130. The number of hydrazine groups is 1. The molecule has 1 amide bonds. The molecule has 0 aliphatic carbocycles. The molecule has 0 saturated heterocycles. The average molecular weight is 430 g/mol. The predicted molar refractivity (Wildman–Crippen MR) is 119 cm³/mol. The molecule has 32 heavy (non-hydrogen) atoms. The summed E-state index contributed by atoms with van der Waals surface area (Å²) in [4.78, 5) is 25.5. The number of aromatic nitrogens is 3. The Bertz CT molecular complexity index is 1370. The summed E-state index contributed by atoms with van der Waals surface area (Å²) in [7, 11) is 1.73. The van der Waals surface area contributed by atoms with Crippen LogP contribution in [0.1, 0.15) is 11.3 Å². The lowest BCUT2D eigenvalue weighted by molar-refractivity contribution is -0.119. The van der Waals surface area contributed by atoms with Crippen molar-refractivity contribution in [2.45, 2.75) is 6.92 Å². The fourth-order valence-corrected chi connectivity index (χ4v) is 3.66. The van der Waals surface area contributed by atoms with E-state index in [1.165, 1.54) is 23.5 Å². The van der Waals surface area contributed by atoms with Crippen molar-refractivity contribution in [1.82, 2.24) is 19.5 Å². The molecule has 2 aromatic carbocycles. The van der Waals surface area contributed by atoms with Crippen LogP contribution in [0.15, 0.2) is 70.8 Å². The highest BCUT2D eigenvalue weighted by molar-refractivity contribution is 6.07. The van der Waals surface area contributed by atoms with Gasteiger partial charge >= 0.3 is 0 Å². The Labute approximate surface area is 182 Å². The van der Waals surface area contributed by atoms with Gasteiger partial charge in [0.1, 0.15) is 23.7 Å². The zero-order valence-electron chi connectivity index (χ0n) is 17.4. The Kier molecular flexibility index (Phi) is 4.78. The van der Waals surface area contributed by atoms with Crippen molar-refractivity contribution in [3.8, 4) is 5.69 Å². The third-order valence-corrected chi connectivity index (χ3v) is 5.21. The van der Waals surface area contributed by atoms with Crippen LogP contribution in [-0.2, 0) is 4.79 Å². The molecule has 9 heteroatoms. The number of carbonyl (C=O) groups excluding carboxylic acids is 1. The molecule has 0 radical (unpaired) electrons. The minimum Gasteiger partial charge on any atom is -0.443 e. The topological polar surface area (TPSA) is 79.8 Å². The van der Waals surface area contributed by atoms with Crippen molar-refractivity contribution >= 4 is 34.6 Å². The molecule has 160 valence electrons. The average Bonchev–Trinajstić information content (AvgIpc) is 3.44. The van der Waals surface area contributed by atoms with E-state index in [1.54, 1.807) is 36.6 Å². The van der Waals surface area contributed by atoms with E-state index in [2.05, 4.69) is 15.0 Å². The first-order valence-corrected chi connectivity index (χ1v) is 9.93. The monoisotopic (exact) mass is 430 g/mol. The summed E-state index contributed by atoms with van der Waals surface area (Å²) >= 11 is 0. The van der Waals surface area contributed by atoms with Crippen molar-refractivity contribution in [2.75, 3.05) is 18.6 Å². The number of fused-ring (bicyclic) bond motifs is 1. The maximum Gasteiger partial charge on any atom is 0.267 e. The molecule has 2 aromatic heterocycles. The smallest absolute Gasteiger partial charge is 0.267 e. The molecule has 8 nitrogen and oxygen atoms in total. The van der Waals surface area contributed by atoms with Gasteiger partial charge in [-0.3, -0.25) is 14.8 Å². The predicted octanol–water partition coefficient (Wildman–Crippen LogP) is 3.77. The fourth-order valence-electron chi connectivity index (χ4n) is 3.66. The van der Waals surface area contributed by atoms with Gasteiger partial charge in [0.15, 0.2) is 12.0 Å². The second kappa shape index (κ2) is 7.77. The molecule has 1 aliphatic heterocycles. The van der Waals surface area contributed by atoms with Crippen molar-refractivity contribution in [1.29, 1.82) is 0 Å². The highest BCUT2D eigenvalue weighted by Crippen LogP contribution is 2.26. The Morgan fingerprint density at radius 2 is 1.91 bits per heavy atom. The highest BCUT2D eigenvalue weighted by Gasteiger charge is 2.26. The normalized spacial score (nSPS) is 14.6. The van der Waals surface area contributed by atoms with Gasteiger partial charge in [-0.05, 0) is 55.5 Å². The summed E-state index contributed by atoms with van der Waals surface area (Å²) < 4.78 is 20.9. The number of amides is 1. The molecular formula is C23H19FN6O2. The minimum atomic E-state index is -0.361. The third kappa shape index (κ3) is 3.43. The number of rotatable bonds is 4. The highest BCUT2D eigenvalue weighted by atomic mass is 19.1. The van der Waals surface area contributed by atoms with Crippen LogP contribution < -0.4 is 5.01 Å². The lowest BCUT2D eigenvalue weighted by atomic mass is 10.1. The molecular weight excluding hydrogens is 411 g/mol. The first-order valence-electron chi connectivity index (χ1n) is 9.93. The lowest BCUT2D eigenvalue weighted by Gasteiger charge is -2.35. The number of anilines is 1. The largest absolute Gasteiger partial charge is 0.443 e. The van der Waals surface area contributed by atoms with Gasteiger partial charge in [0.2, 0.25) is 0 Å². The minimum absolute atomic E-state index is 0.00196. The van der Waals surface area contributed by atoms with Crippen molar-refractivity contribution < 1.29 is 13.6 Å². The van der Waals surface area contributed by atoms with Crippen LogP contribution in [0.5, 0.6) is 0 Å². The Balaban J connectivity index is 1.46. The van der Waals surface area contributed by atoms with E-state index in [0.29, 0.717) is 22.6 Å². The number of hydrogen-bond acceptors (Lipinski definition) is 6. The molecule has 4 aromatic rings. The van der Waals surface area contributed by atoms with Crippen LogP contribution in [0.4, 0.5) is 10.1 Å². The molecule has 0 N–H and O–H groups in total. The van der Waals surface area contributed by atoms with E-state index in [1.807, 2.05) is 35.9 Å². The molecule has 5 rings (SSSR count). The Hall–Kier alpha value is -4.27. The third-order valence-electron chi connectivity index (χ3n) is 5.21. The standard InChI is InChI=1S/C23H19FN6O2/c1-15-12-29(13-26-15)19-9-3-16(23-22(19)27-14-32-23)4-10-20-25-11-21(31)30(28(20)2)18-7-5-17(24)6-8-18/h3-10,12-14H,11H2,1-2H3/b10-4+. The number of imidazole rings is 1. The van der Waals surface area contributed by atoms with E-state index in [4.69, 9.17) is 4.42 Å². The van der Waals surface area contributed by atoms with Crippen LogP contribution in [0, 0.1) is 12.7 Å². The van der Waals surface area contributed by atoms with E-state index < -0.39 is 0 Å². The summed E-state index contributed by atoms with van der Waals surface area (Å²) in [6.07, 6.45) is 8.74. The Morgan fingerprint density at radius 3 is 2.66 bits per heavy atom. The molecule has 0 unspecified atom stereocenters. The van der Waals surface area contributed by atoms with E-state index >= 15 is 0 Å². The number of aliphatic imine (C=N–C) groups is 1. The summed E-state index contributed by atoms with van der Waals surface area (Å²) in [6, 6.07) is 9.65. The molecule has 0 fully saturated rings. The zero-order valence-corrected chi connectivity index (χ0v) is 17.4. The SMILES string of the molecule is Cc1cn(-c2ccc(/C=C/C3=NCC(=O)N(c4ccc(F)cc4)N3C)c3ocnc23)cn1. The van der Waals surface area contributed by atoms with Gasteiger partial charge in [0.25, 0.3) is 5.91 Å². The molecule has 0 spiro atoms. The summed E-state index contributed by atoms with van der Waals surface area (Å²) in [5, 5.41) is 3.11. The van der Waals surface area contributed by atoms with E-state index in [-0.39, 0.29) is 18.3 Å². The van der Waals surface area contributed by atoms with E-state index in [9.17, 15) is 9.18 Å². The van der Waals surface area contributed by atoms with Crippen LogP contribution in [0.25, 0.3) is 22.9 Å². The maximum atomic E-state index is 13.3. The summed E-state index contributed by atoms with van der Waals surface area (Å²) in [5.74, 6) is 0.0183. The van der Waals surface area contributed by atoms with Gasteiger partial charge in [-0.2, -0.15) is 0 Å². The van der Waals surface area contributed by atoms with Crippen LogP contribution in [0.2, 0.25) is 0 Å². The molecule has 1 aliphatic rings. The van der Waals surface area contributed by atoms with Gasteiger partial charge < -0.3 is 8.98 Å². The van der Waals surface area contributed by atoms with Gasteiger partial charge in [0.05, 0.1) is 23.4 Å². The van der Waals surface area contributed by atoms with Crippen molar-refractivity contribution in [2.24, 2.45) is 4.99 Å². The van der Waals surface area contributed by atoms with Gasteiger partial charge in [0, 0.05) is 18.8 Å². The maximum absolute atomic E-state index is 13.3. The van der Waals surface area contributed by atoms with Crippen LogP contribution >= 0.6 is 0 Å². The number of hydrogen-bond donors (Lipinski definition) is 0. The van der Waals surface area contributed by atoms with Gasteiger partial charge in [-0.1, -0.05) is 0 Å². The van der Waals surface area contributed by atoms with E-state index in [0.717, 1.165) is 16.9 Å².